The van der Waals surface area contributed by atoms with Crippen molar-refractivity contribution in [3.8, 4) is 0 Å². The molecule has 0 aliphatic rings. The van der Waals surface area contributed by atoms with E-state index in [9.17, 15) is 0 Å². The molecule has 19 heavy (non-hydrogen) atoms. The molecule has 108 valence electrons. The van der Waals surface area contributed by atoms with Gasteiger partial charge < -0.3 is 5.73 Å². The molecular formula is C15H24Cl2N2. The molecule has 0 aromatic heterocycles. The molecule has 0 fully saturated rings. The Morgan fingerprint density at radius 2 is 1.79 bits per heavy atom. The minimum atomic E-state index is 0.0835. The second-order valence-electron chi connectivity index (χ2n) is 4.99. The summed E-state index contributed by atoms with van der Waals surface area (Å²) in [5, 5.41) is 1.40. The van der Waals surface area contributed by atoms with Gasteiger partial charge in [0.2, 0.25) is 0 Å². The van der Waals surface area contributed by atoms with Crippen molar-refractivity contribution >= 4 is 23.2 Å². The number of hydrogen-bond donors (Lipinski definition) is 1. The highest BCUT2D eigenvalue weighted by molar-refractivity contribution is 6.36. The summed E-state index contributed by atoms with van der Waals surface area (Å²) in [5.74, 6) is 0.635. The Morgan fingerprint density at radius 1 is 1.21 bits per heavy atom. The molecule has 4 heteroatoms. The number of halogens is 2. The molecule has 0 heterocycles. The summed E-state index contributed by atoms with van der Waals surface area (Å²) in [7, 11) is 0. The Labute approximate surface area is 126 Å². The Kier molecular flexibility index (Phi) is 7.16. The zero-order valence-corrected chi connectivity index (χ0v) is 13.5. The van der Waals surface area contributed by atoms with E-state index in [0.29, 0.717) is 22.5 Å². The standard InChI is InChI=1S/C15H24Cl2N2/c1-4-11(3)10-19(5-2)14(9-18)15-12(16)7-6-8-13(15)17/h6-8,11,14H,4-5,9-10,18H2,1-3H3. The van der Waals surface area contributed by atoms with Crippen LogP contribution in [0.25, 0.3) is 0 Å². The van der Waals surface area contributed by atoms with Crippen LogP contribution in [0.4, 0.5) is 0 Å². The van der Waals surface area contributed by atoms with Gasteiger partial charge in [0, 0.05) is 34.7 Å². The van der Waals surface area contributed by atoms with Crippen LogP contribution < -0.4 is 5.73 Å². The van der Waals surface area contributed by atoms with Gasteiger partial charge in [0.25, 0.3) is 0 Å². The first-order valence-electron chi connectivity index (χ1n) is 6.93. The van der Waals surface area contributed by atoms with Crippen molar-refractivity contribution in [3.05, 3.63) is 33.8 Å². The van der Waals surface area contributed by atoms with Gasteiger partial charge in [-0.25, -0.2) is 0 Å². The molecule has 0 saturated carbocycles. The highest BCUT2D eigenvalue weighted by atomic mass is 35.5. The SMILES string of the molecule is CCC(C)CN(CC)C(CN)c1c(Cl)cccc1Cl. The zero-order chi connectivity index (χ0) is 14.4. The molecule has 0 aliphatic heterocycles. The third kappa shape index (κ3) is 4.35. The normalized spacial score (nSPS) is 14.7. The summed E-state index contributed by atoms with van der Waals surface area (Å²) >= 11 is 12.6. The Bertz CT molecular complexity index is 375. The van der Waals surface area contributed by atoms with E-state index < -0.39 is 0 Å². The molecule has 1 aromatic rings. The van der Waals surface area contributed by atoms with E-state index >= 15 is 0 Å². The second kappa shape index (κ2) is 8.11. The number of hydrogen-bond acceptors (Lipinski definition) is 2. The van der Waals surface area contributed by atoms with Crippen molar-refractivity contribution < 1.29 is 0 Å². The topological polar surface area (TPSA) is 29.3 Å². The minimum Gasteiger partial charge on any atom is -0.329 e. The summed E-state index contributed by atoms with van der Waals surface area (Å²) in [6.07, 6.45) is 1.16. The van der Waals surface area contributed by atoms with E-state index in [1.807, 2.05) is 18.2 Å². The van der Waals surface area contributed by atoms with Gasteiger partial charge in [-0.15, -0.1) is 0 Å². The molecule has 2 atom stereocenters. The average Bonchev–Trinajstić information content (AvgIpc) is 2.40. The van der Waals surface area contributed by atoms with Crippen molar-refractivity contribution in [1.29, 1.82) is 0 Å². The largest absolute Gasteiger partial charge is 0.329 e. The van der Waals surface area contributed by atoms with Gasteiger partial charge in [-0.3, -0.25) is 4.90 Å². The predicted octanol–water partition coefficient (Wildman–Crippen LogP) is 4.36. The second-order valence-corrected chi connectivity index (χ2v) is 5.80. The van der Waals surface area contributed by atoms with Gasteiger partial charge in [0.1, 0.15) is 0 Å². The van der Waals surface area contributed by atoms with Gasteiger partial charge in [-0.05, 0) is 24.6 Å². The van der Waals surface area contributed by atoms with Crippen LogP contribution in [0.5, 0.6) is 0 Å². The van der Waals surface area contributed by atoms with Crippen molar-refractivity contribution in [3.63, 3.8) is 0 Å². The minimum absolute atomic E-state index is 0.0835. The third-order valence-electron chi connectivity index (χ3n) is 3.65. The Morgan fingerprint density at radius 3 is 2.21 bits per heavy atom. The predicted molar refractivity (Wildman–Crippen MR) is 85.0 cm³/mol. The molecule has 0 aliphatic carbocycles. The fourth-order valence-corrected chi connectivity index (χ4v) is 2.93. The van der Waals surface area contributed by atoms with Gasteiger partial charge in [-0.1, -0.05) is 56.5 Å². The zero-order valence-electron chi connectivity index (χ0n) is 12.0. The first kappa shape index (κ1) is 16.8. The van der Waals surface area contributed by atoms with Crippen LogP contribution in [0.3, 0.4) is 0 Å². The summed E-state index contributed by atoms with van der Waals surface area (Å²) in [4.78, 5) is 2.36. The molecule has 2 N–H and O–H groups in total. The Balaban J connectivity index is 3.03. The van der Waals surface area contributed by atoms with Crippen LogP contribution in [-0.2, 0) is 0 Å². The molecular weight excluding hydrogens is 279 g/mol. The van der Waals surface area contributed by atoms with Crippen LogP contribution in [0.15, 0.2) is 18.2 Å². The summed E-state index contributed by atoms with van der Waals surface area (Å²) in [6, 6.07) is 5.71. The third-order valence-corrected chi connectivity index (χ3v) is 4.31. The van der Waals surface area contributed by atoms with Crippen LogP contribution in [-0.4, -0.2) is 24.5 Å². The monoisotopic (exact) mass is 302 g/mol. The fraction of sp³-hybridized carbons (Fsp3) is 0.600. The molecule has 0 spiro atoms. The Hall–Kier alpha value is -0.280. The summed E-state index contributed by atoms with van der Waals surface area (Å²) in [5.41, 5.74) is 6.93. The highest BCUT2D eigenvalue weighted by Gasteiger charge is 2.23. The molecule has 2 nitrogen and oxygen atoms in total. The average molecular weight is 303 g/mol. The van der Waals surface area contributed by atoms with E-state index in [1.165, 1.54) is 0 Å². The molecule has 2 unspecified atom stereocenters. The van der Waals surface area contributed by atoms with Crippen LogP contribution >= 0.6 is 23.2 Å². The summed E-state index contributed by atoms with van der Waals surface area (Å²) < 4.78 is 0. The van der Waals surface area contributed by atoms with Crippen molar-refractivity contribution in [1.82, 2.24) is 4.90 Å². The number of nitrogens with two attached hydrogens (primary N) is 1. The van der Waals surface area contributed by atoms with Crippen molar-refractivity contribution in [2.45, 2.75) is 33.2 Å². The number of rotatable bonds is 7. The number of benzene rings is 1. The van der Waals surface area contributed by atoms with E-state index in [1.54, 1.807) is 0 Å². The first-order valence-corrected chi connectivity index (χ1v) is 7.68. The molecule has 0 radical (unpaired) electrons. The maximum absolute atomic E-state index is 6.31. The van der Waals surface area contributed by atoms with Crippen LogP contribution in [0.2, 0.25) is 10.0 Å². The number of nitrogens with zero attached hydrogens (tertiary/aromatic N) is 1. The molecule has 1 aromatic carbocycles. The van der Waals surface area contributed by atoms with Gasteiger partial charge in [-0.2, -0.15) is 0 Å². The molecule has 1 rings (SSSR count). The van der Waals surface area contributed by atoms with Gasteiger partial charge in [0.05, 0.1) is 0 Å². The van der Waals surface area contributed by atoms with E-state index in [4.69, 9.17) is 28.9 Å². The molecule has 0 bridgehead atoms. The van der Waals surface area contributed by atoms with E-state index in [2.05, 4.69) is 25.7 Å². The van der Waals surface area contributed by atoms with E-state index in [0.717, 1.165) is 25.1 Å². The van der Waals surface area contributed by atoms with Gasteiger partial charge in [0.15, 0.2) is 0 Å². The van der Waals surface area contributed by atoms with Crippen molar-refractivity contribution in [2.24, 2.45) is 11.7 Å². The smallest absolute Gasteiger partial charge is 0.0500 e. The number of likely N-dealkylation sites (N-methyl/N-ethyl adjacent to an activating group) is 1. The van der Waals surface area contributed by atoms with E-state index in [-0.39, 0.29) is 6.04 Å². The fourth-order valence-electron chi connectivity index (χ4n) is 2.28. The summed E-state index contributed by atoms with van der Waals surface area (Å²) in [6.45, 7) is 9.08. The van der Waals surface area contributed by atoms with Crippen LogP contribution in [0.1, 0.15) is 38.8 Å². The maximum atomic E-state index is 6.31. The quantitative estimate of drug-likeness (QED) is 0.811. The molecule has 0 saturated heterocycles. The lowest BCUT2D eigenvalue weighted by Gasteiger charge is -2.33. The lowest BCUT2D eigenvalue weighted by Crippen LogP contribution is -2.37. The van der Waals surface area contributed by atoms with Gasteiger partial charge >= 0.3 is 0 Å². The lowest BCUT2D eigenvalue weighted by atomic mass is 10.0. The molecule has 0 amide bonds. The lowest BCUT2D eigenvalue weighted by molar-refractivity contribution is 0.182. The maximum Gasteiger partial charge on any atom is 0.0500 e. The van der Waals surface area contributed by atoms with Crippen LogP contribution in [0, 0.1) is 5.92 Å². The first-order chi connectivity index (χ1) is 9.04. The van der Waals surface area contributed by atoms with Crippen molar-refractivity contribution in [2.75, 3.05) is 19.6 Å². The highest BCUT2D eigenvalue weighted by Crippen LogP contribution is 2.33.